The Morgan fingerprint density at radius 3 is 2.22 bits per heavy atom. The number of nitrogens with one attached hydrogen (secondary N) is 2. The minimum atomic E-state index is -0.426. The van der Waals surface area contributed by atoms with Gasteiger partial charge in [0.1, 0.15) is 17.2 Å². The highest BCUT2D eigenvalue weighted by Crippen LogP contribution is 2.32. The van der Waals surface area contributed by atoms with Gasteiger partial charge < -0.3 is 20.1 Å². The van der Waals surface area contributed by atoms with E-state index in [4.69, 9.17) is 32.7 Å². The summed E-state index contributed by atoms with van der Waals surface area (Å²) < 4.78 is 11.0. The van der Waals surface area contributed by atoms with Gasteiger partial charge in [-0.15, -0.1) is 0 Å². The Balaban J connectivity index is 1.49. The third-order valence-corrected chi connectivity index (χ3v) is 5.29. The Hall–Kier alpha value is -2.73. The van der Waals surface area contributed by atoms with Crippen LogP contribution >= 0.6 is 23.2 Å². The number of carbonyl (C=O) groups excluding carboxylic acids is 1. The molecule has 5 nitrogen and oxygen atoms in total. The second kappa shape index (κ2) is 10.7. The summed E-state index contributed by atoms with van der Waals surface area (Å²) in [6, 6.07) is 19.9. The van der Waals surface area contributed by atoms with E-state index in [1.54, 1.807) is 49.6 Å². The van der Waals surface area contributed by atoms with Crippen LogP contribution in [0.4, 0.5) is 0 Å². The average molecular weight is 473 g/mol. The monoisotopic (exact) mass is 472 g/mol. The van der Waals surface area contributed by atoms with E-state index in [9.17, 15) is 4.79 Å². The molecule has 0 aliphatic rings. The van der Waals surface area contributed by atoms with Gasteiger partial charge in [-0.05, 0) is 67.9 Å². The zero-order chi connectivity index (χ0) is 23.1. The summed E-state index contributed by atoms with van der Waals surface area (Å²) in [5.41, 5.74) is 1.25. The zero-order valence-corrected chi connectivity index (χ0v) is 19.8. The van der Waals surface area contributed by atoms with Gasteiger partial charge in [0, 0.05) is 35.3 Å². The maximum Gasteiger partial charge on any atom is 0.251 e. The molecule has 0 bridgehead atoms. The van der Waals surface area contributed by atoms with Gasteiger partial charge in [0.15, 0.2) is 0 Å². The first-order valence-electron chi connectivity index (χ1n) is 10.1. The van der Waals surface area contributed by atoms with Crippen LogP contribution in [0.2, 0.25) is 10.0 Å². The fourth-order valence-corrected chi connectivity index (χ4v) is 3.37. The van der Waals surface area contributed by atoms with Crippen molar-refractivity contribution in [1.29, 1.82) is 0 Å². The highest BCUT2D eigenvalue weighted by atomic mass is 35.5. The molecule has 0 aliphatic carbocycles. The van der Waals surface area contributed by atoms with Gasteiger partial charge in [0.05, 0.1) is 12.1 Å². The molecule has 168 valence electrons. The number of methoxy groups -OCH3 is 1. The number of hydrogen-bond acceptors (Lipinski definition) is 4. The summed E-state index contributed by atoms with van der Waals surface area (Å²) in [6.07, 6.45) is 0. The summed E-state index contributed by atoms with van der Waals surface area (Å²) in [6.45, 7) is 5.21. The summed E-state index contributed by atoms with van der Waals surface area (Å²) in [4.78, 5) is 12.4. The highest BCUT2D eigenvalue weighted by molar-refractivity contribution is 6.32. The Kier molecular flexibility index (Phi) is 8.02. The van der Waals surface area contributed by atoms with Crippen molar-refractivity contribution in [3.05, 3.63) is 87.9 Å². The number of benzene rings is 3. The lowest BCUT2D eigenvalue weighted by Crippen LogP contribution is -2.50. The van der Waals surface area contributed by atoms with Crippen LogP contribution in [-0.4, -0.2) is 25.1 Å². The Bertz CT molecular complexity index is 1050. The van der Waals surface area contributed by atoms with Gasteiger partial charge in [-0.2, -0.15) is 0 Å². The molecule has 3 aromatic carbocycles. The molecule has 0 spiro atoms. The van der Waals surface area contributed by atoms with Crippen LogP contribution in [0.25, 0.3) is 0 Å². The number of amides is 1. The molecule has 0 heterocycles. The van der Waals surface area contributed by atoms with E-state index < -0.39 is 5.54 Å². The fourth-order valence-electron chi connectivity index (χ4n) is 3.04. The molecule has 3 aromatic rings. The van der Waals surface area contributed by atoms with E-state index in [1.165, 1.54) is 0 Å². The van der Waals surface area contributed by atoms with Gasteiger partial charge in [0.25, 0.3) is 5.91 Å². The number of halogens is 2. The number of ether oxygens (including phenoxy) is 2. The van der Waals surface area contributed by atoms with Crippen molar-refractivity contribution in [3.63, 3.8) is 0 Å². The first-order valence-corrected chi connectivity index (χ1v) is 10.9. The number of hydrogen-bond donors (Lipinski definition) is 2. The molecule has 7 heteroatoms. The molecule has 0 radical (unpaired) electrons. The van der Waals surface area contributed by atoms with Crippen molar-refractivity contribution >= 4 is 29.1 Å². The third-order valence-electron chi connectivity index (χ3n) is 4.74. The van der Waals surface area contributed by atoms with E-state index in [0.717, 1.165) is 5.56 Å². The van der Waals surface area contributed by atoms with Crippen molar-refractivity contribution in [2.75, 3.05) is 13.7 Å². The van der Waals surface area contributed by atoms with Crippen LogP contribution in [0.5, 0.6) is 17.2 Å². The minimum absolute atomic E-state index is 0.132. The number of rotatable bonds is 9. The molecule has 2 N–H and O–H groups in total. The predicted molar refractivity (Wildman–Crippen MR) is 129 cm³/mol. The predicted octanol–water partition coefficient (Wildman–Crippen LogP) is 6.09. The summed E-state index contributed by atoms with van der Waals surface area (Å²) in [5.74, 6) is 1.80. The number of carbonyl (C=O) groups is 1. The van der Waals surface area contributed by atoms with Crippen LogP contribution < -0.4 is 20.1 Å². The topological polar surface area (TPSA) is 59.6 Å². The van der Waals surface area contributed by atoms with Crippen LogP contribution in [0, 0.1) is 0 Å². The van der Waals surface area contributed by atoms with Gasteiger partial charge in [-0.3, -0.25) is 4.79 Å². The fraction of sp³-hybridized carbons (Fsp3) is 0.240. The summed E-state index contributed by atoms with van der Waals surface area (Å²) in [7, 11) is 1.59. The standard InChI is InChI=1S/C25H26Cl2N2O3/c1-25(2,29-24(30)18-6-8-19(26)9-7-18)16-28-15-17-4-10-20(11-5-17)32-23-13-12-21(31-3)14-22(23)27/h4-14,28H,15-16H2,1-3H3,(H,29,30). The van der Waals surface area contributed by atoms with Gasteiger partial charge in [-0.25, -0.2) is 0 Å². The largest absolute Gasteiger partial charge is 0.497 e. The zero-order valence-electron chi connectivity index (χ0n) is 18.2. The molecule has 0 saturated heterocycles. The molecule has 0 unspecified atom stereocenters. The second-order valence-electron chi connectivity index (χ2n) is 7.99. The quantitative estimate of drug-likeness (QED) is 0.395. The van der Waals surface area contributed by atoms with Crippen LogP contribution in [0.15, 0.2) is 66.7 Å². The van der Waals surface area contributed by atoms with E-state index in [0.29, 0.717) is 45.9 Å². The van der Waals surface area contributed by atoms with Crippen molar-refractivity contribution in [1.82, 2.24) is 10.6 Å². The van der Waals surface area contributed by atoms with Gasteiger partial charge >= 0.3 is 0 Å². The second-order valence-corrected chi connectivity index (χ2v) is 8.83. The maximum atomic E-state index is 12.4. The molecule has 1 amide bonds. The average Bonchev–Trinajstić information content (AvgIpc) is 2.76. The normalized spacial score (nSPS) is 11.2. The van der Waals surface area contributed by atoms with E-state index in [-0.39, 0.29) is 5.91 Å². The highest BCUT2D eigenvalue weighted by Gasteiger charge is 2.20. The van der Waals surface area contributed by atoms with Crippen LogP contribution in [-0.2, 0) is 6.54 Å². The van der Waals surface area contributed by atoms with Crippen molar-refractivity contribution in [2.45, 2.75) is 25.9 Å². The Morgan fingerprint density at radius 2 is 1.59 bits per heavy atom. The molecular weight excluding hydrogens is 447 g/mol. The molecule has 0 aliphatic heterocycles. The lowest BCUT2D eigenvalue weighted by atomic mass is 10.0. The Labute approximate surface area is 198 Å². The van der Waals surface area contributed by atoms with Crippen molar-refractivity contribution in [2.24, 2.45) is 0 Å². The van der Waals surface area contributed by atoms with Crippen LogP contribution in [0.3, 0.4) is 0 Å². The maximum absolute atomic E-state index is 12.4. The lowest BCUT2D eigenvalue weighted by molar-refractivity contribution is 0.0912. The van der Waals surface area contributed by atoms with Crippen LogP contribution in [0.1, 0.15) is 29.8 Å². The van der Waals surface area contributed by atoms with Gasteiger partial charge in [0.2, 0.25) is 0 Å². The summed E-state index contributed by atoms with van der Waals surface area (Å²) in [5, 5.41) is 7.52. The van der Waals surface area contributed by atoms with E-state index in [1.807, 2.05) is 38.1 Å². The van der Waals surface area contributed by atoms with Crippen molar-refractivity contribution in [3.8, 4) is 17.2 Å². The molecule has 0 atom stereocenters. The van der Waals surface area contributed by atoms with Gasteiger partial charge in [-0.1, -0.05) is 35.3 Å². The van der Waals surface area contributed by atoms with Crippen molar-refractivity contribution < 1.29 is 14.3 Å². The third kappa shape index (κ3) is 6.89. The summed E-state index contributed by atoms with van der Waals surface area (Å²) >= 11 is 12.1. The molecular formula is C25H26Cl2N2O3. The molecule has 0 fully saturated rings. The molecule has 0 aromatic heterocycles. The minimum Gasteiger partial charge on any atom is -0.497 e. The molecule has 3 rings (SSSR count). The molecule has 0 saturated carbocycles. The first kappa shape index (κ1) is 23.9. The van der Waals surface area contributed by atoms with E-state index in [2.05, 4.69) is 10.6 Å². The smallest absolute Gasteiger partial charge is 0.251 e. The first-order chi connectivity index (χ1) is 15.3. The lowest BCUT2D eigenvalue weighted by Gasteiger charge is -2.27. The van der Waals surface area contributed by atoms with E-state index >= 15 is 0 Å². The SMILES string of the molecule is COc1ccc(Oc2ccc(CNCC(C)(C)NC(=O)c3ccc(Cl)cc3)cc2)c(Cl)c1. The molecule has 32 heavy (non-hydrogen) atoms. The Morgan fingerprint density at radius 1 is 0.938 bits per heavy atom.